The number of carbonyl (C=O) groups excluding carboxylic acids is 2. The number of carbonyl (C=O) groups is 2. The molecular formula is C18H24N4O2. The summed E-state index contributed by atoms with van der Waals surface area (Å²) in [6, 6.07) is 3.76. The van der Waals surface area contributed by atoms with Crippen LogP contribution in [0.25, 0.3) is 0 Å². The zero-order valence-corrected chi connectivity index (χ0v) is 14.1. The average Bonchev–Trinajstić information content (AvgIpc) is 3.30. The second-order valence-electron chi connectivity index (χ2n) is 7.45. The van der Waals surface area contributed by atoms with Crippen molar-refractivity contribution in [3.8, 4) is 0 Å². The first-order valence-electron chi connectivity index (χ1n) is 8.78. The van der Waals surface area contributed by atoms with E-state index in [9.17, 15) is 9.59 Å². The summed E-state index contributed by atoms with van der Waals surface area (Å²) in [7, 11) is 0. The molecule has 3 fully saturated rings. The molecule has 0 bridgehead atoms. The molecular weight excluding hydrogens is 304 g/mol. The van der Waals surface area contributed by atoms with Crippen molar-refractivity contribution in [1.29, 1.82) is 0 Å². The van der Waals surface area contributed by atoms with Gasteiger partial charge in [0.15, 0.2) is 0 Å². The molecule has 4 rings (SSSR count). The van der Waals surface area contributed by atoms with Crippen molar-refractivity contribution in [2.45, 2.75) is 31.7 Å². The third-order valence-corrected chi connectivity index (χ3v) is 5.58. The first kappa shape index (κ1) is 15.6. The molecule has 1 atom stereocenters. The second kappa shape index (κ2) is 5.84. The van der Waals surface area contributed by atoms with Gasteiger partial charge < -0.3 is 14.7 Å². The van der Waals surface area contributed by atoms with E-state index in [0.717, 1.165) is 37.7 Å². The highest BCUT2D eigenvalue weighted by molar-refractivity contribution is 5.98. The van der Waals surface area contributed by atoms with Gasteiger partial charge in [-0.15, -0.1) is 0 Å². The van der Waals surface area contributed by atoms with E-state index in [1.165, 1.54) is 12.8 Å². The van der Waals surface area contributed by atoms with Crippen LogP contribution in [0, 0.1) is 5.92 Å². The Bertz CT molecular complexity index is 646. The topological polar surface area (TPSA) is 56.8 Å². The Morgan fingerprint density at radius 3 is 2.88 bits per heavy atom. The van der Waals surface area contributed by atoms with Gasteiger partial charge in [-0.1, -0.05) is 0 Å². The Balaban J connectivity index is 1.59. The molecule has 0 N–H and O–H groups in total. The van der Waals surface area contributed by atoms with E-state index in [0.29, 0.717) is 6.54 Å². The Morgan fingerprint density at radius 2 is 2.21 bits per heavy atom. The molecule has 2 amide bonds. The third-order valence-electron chi connectivity index (χ3n) is 5.58. The number of pyridine rings is 1. The second-order valence-corrected chi connectivity index (χ2v) is 7.45. The van der Waals surface area contributed by atoms with E-state index >= 15 is 0 Å². The van der Waals surface area contributed by atoms with Gasteiger partial charge in [0.2, 0.25) is 11.8 Å². The predicted molar refractivity (Wildman–Crippen MR) is 90.5 cm³/mol. The minimum atomic E-state index is -0.259. The van der Waals surface area contributed by atoms with Crippen molar-refractivity contribution in [3.63, 3.8) is 0 Å². The van der Waals surface area contributed by atoms with E-state index in [-0.39, 0.29) is 23.9 Å². The van der Waals surface area contributed by atoms with Crippen molar-refractivity contribution in [3.05, 3.63) is 24.5 Å². The highest BCUT2D eigenvalue weighted by Gasteiger charge is 2.50. The minimum absolute atomic E-state index is 0.00228. The van der Waals surface area contributed by atoms with Crippen molar-refractivity contribution >= 4 is 17.5 Å². The fourth-order valence-electron chi connectivity index (χ4n) is 4.16. The van der Waals surface area contributed by atoms with Crippen LogP contribution in [0.2, 0.25) is 0 Å². The summed E-state index contributed by atoms with van der Waals surface area (Å²) in [5.41, 5.74) is 0.565. The van der Waals surface area contributed by atoms with Crippen molar-refractivity contribution in [2.24, 2.45) is 5.92 Å². The summed E-state index contributed by atoms with van der Waals surface area (Å²) in [6.07, 6.45) is 7.04. The van der Waals surface area contributed by atoms with Gasteiger partial charge in [0.05, 0.1) is 24.0 Å². The number of likely N-dealkylation sites (tertiary alicyclic amines) is 1. The van der Waals surface area contributed by atoms with Crippen LogP contribution >= 0.6 is 0 Å². The van der Waals surface area contributed by atoms with Gasteiger partial charge in [0.1, 0.15) is 6.54 Å². The van der Waals surface area contributed by atoms with E-state index < -0.39 is 0 Å². The molecule has 1 aliphatic carbocycles. The first-order valence-corrected chi connectivity index (χ1v) is 8.78. The van der Waals surface area contributed by atoms with Crippen LogP contribution in [-0.2, 0) is 9.59 Å². The smallest absolute Gasteiger partial charge is 0.246 e. The molecule has 0 aromatic carbocycles. The fraction of sp³-hybridized carbons (Fsp3) is 0.611. The molecule has 1 saturated carbocycles. The van der Waals surface area contributed by atoms with Crippen molar-refractivity contribution < 1.29 is 9.59 Å². The maximum atomic E-state index is 12.6. The zero-order chi connectivity index (χ0) is 16.7. The van der Waals surface area contributed by atoms with Gasteiger partial charge in [-0.2, -0.15) is 0 Å². The number of aromatic nitrogens is 1. The van der Waals surface area contributed by atoms with Crippen molar-refractivity contribution in [2.75, 3.05) is 37.6 Å². The Morgan fingerprint density at radius 1 is 1.38 bits per heavy atom. The highest BCUT2D eigenvalue weighted by Crippen LogP contribution is 2.37. The molecule has 0 radical (unpaired) electrons. The highest BCUT2D eigenvalue weighted by atomic mass is 16.2. The molecule has 1 unspecified atom stereocenters. The lowest BCUT2D eigenvalue weighted by atomic mass is 9.92. The minimum Gasteiger partial charge on any atom is -0.325 e. The van der Waals surface area contributed by atoms with Crippen LogP contribution in [0.4, 0.5) is 5.69 Å². The van der Waals surface area contributed by atoms with Crippen LogP contribution in [0.5, 0.6) is 0 Å². The SMILES string of the molecule is CC(=O)N1CC(=O)N(c2cccnc2)CC12CCN(CC1CC1)C2. The first-order chi connectivity index (χ1) is 11.6. The summed E-state index contributed by atoms with van der Waals surface area (Å²) in [5.74, 6) is 0.817. The number of rotatable bonds is 3. The zero-order valence-electron chi connectivity index (χ0n) is 14.1. The lowest BCUT2D eigenvalue weighted by Gasteiger charge is -2.48. The normalized spacial score (nSPS) is 28.0. The summed E-state index contributed by atoms with van der Waals surface area (Å²) in [6.45, 7) is 5.33. The number of amides is 2. The molecule has 1 spiro atoms. The van der Waals surface area contributed by atoms with Gasteiger partial charge in [-0.3, -0.25) is 14.6 Å². The molecule has 1 aromatic rings. The Hall–Kier alpha value is -1.95. The van der Waals surface area contributed by atoms with E-state index in [4.69, 9.17) is 0 Å². The van der Waals surface area contributed by atoms with E-state index in [1.54, 1.807) is 19.3 Å². The molecule has 6 heteroatoms. The monoisotopic (exact) mass is 328 g/mol. The standard InChI is InChI=1S/C18H24N4O2/c1-14(23)22-11-17(24)21(16-3-2-7-19-9-16)13-18(22)6-8-20(12-18)10-15-4-5-15/h2-3,7,9,15H,4-6,8,10-13H2,1H3. The van der Waals surface area contributed by atoms with Crippen LogP contribution in [0.1, 0.15) is 26.2 Å². The van der Waals surface area contributed by atoms with Gasteiger partial charge in [-0.25, -0.2) is 0 Å². The molecule has 128 valence electrons. The predicted octanol–water partition coefficient (Wildman–Crippen LogP) is 1.13. The van der Waals surface area contributed by atoms with Gasteiger partial charge in [-0.05, 0) is 37.3 Å². The van der Waals surface area contributed by atoms with Crippen LogP contribution in [0.3, 0.4) is 0 Å². The lowest BCUT2D eigenvalue weighted by molar-refractivity contribution is -0.142. The lowest BCUT2D eigenvalue weighted by Crippen LogP contribution is -2.66. The molecule has 6 nitrogen and oxygen atoms in total. The number of hydrogen-bond acceptors (Lipinski definition) is 4. The number of piperazine rings is 1. The Labute approximate surface area is 142 Å². The van der Waals surface area contributed by atoms with Gasteiger partial charge in [0.25, 0.3) is 0 Å². The van der Waals surface area contributed by atoms with Gasteiger partial charge >= 0.3 is 0 Å². The maximum Gasteiger partial charge on any atom is 0.246 e. The fourth-order valence-corrected chi connectivity index (χ4v) is 4.16. The Kier molecular flexibility index (Phi) is 3.79. The van der Waals surface area contributed by atoms with Gasteiger partial charge in [0, 0.05) is 32.8 Å². The van der Waals surface area contributed by atoms with Crippen LogP contribution in [-0.4, -0.2) is 64.9 Å². The summed E-state index contributed by atoms with van der Waals surface area (Å²) in [4.78, 5) is 35.1. The molecule has 2 saturated heterocycles. The number of anilines is 1. The number of hydrogen-bond donors (Lipinski definition) is 0. The molecule has 2 aliphatic heterocycles. The molecule has 1 aromatic heterocycles. The third kappa shape index (κ3) is 2.79. The summed E-state index contributed by atoms with van der Waals surface area (Å²) in [5, 5.41) is 0. The van der Waals surface area contributed by atoms with E-state index in [1.807, 2.05) is 21.9 Å². The molecule has 3 heterocycles. The van der Waals surface area contributed by atoms with Crippen LogP contribution < -0.4 is 4.90 Å². The molecule has 3 aliphatic rings. The van der Waals surface area contributed by atoms with E-state index in [2.05, 4.69) is 9.88 Å². The summed E-state index contributed by atoms with van der Waals surface area (Å²) >= 11 is 0. The van der Waals surface area contributed by atoms with Crippen molar-refractivity contribution in [1.82, 2.24) is 14.8 Å². The molecule has 24 heavy (non-hydrogen) atoms. The summed E-state index contributed by atoms with van der Waals surface area (Å²) < 4.78 is 0. The number of nitrogens with zero attached hydrogens (tertiary/aromatic N) is 4. The maximum absolute atomic E-state index is 12.6. The quantitative estimate of drug-likeness (QED) is 0.835. The van der Waals surface area contributed by atoms with Crippen LogP contribution in [0.15, 0.2) is 24.5 Å². The largest absolute Gasteiger partial charge is 0.325 e. The average molecular weight is 328 g/mol.